The van der Waals surface area contributed by atoms with Gasteiger partial charge in [0.05, 0.1) is 0 Å². The van der Waals surface area contributed by atoms with E-state index >= 15 is 0 Å². The van der Waals surface area contributed by atoms with Crippen molar-refractivity contribution in [2.45, 2.75) is 58.0 Å². The van der Waals surface area contributed by atoms with Crippen LogP contribution in [0.15, 0.2) is 12.1 Å². The van der Waals surface area contributed by atoms with Crippen LogP contribution in [-0.2, 0) is 6.42 Å². The summed E-state index contributed by atoms with van der Waals surface area (Å²) in [5.74, 6) is -0.497. The minimum Gasteiger partial charge on any atom is -0.367 e. The van der Waals surface area contributed by atoms with E-state index < -0.39 is 11.6 Å². The first kappa shape index (κ1) is 16.2. The molecular weight excluding hydrogens is 270 g/mol. The first-order valence-corrected chi connectivity index (χ1v) is 7.86. The molecule has 2 rings (SSSR count). The zero-order chi connectivity index (χ0) is 15.6. The summed E-state index contributed by atoms with van der Waals surface area (Å²) in [7, 11) is 1.80. The van der Waals surface area contributed by atoms with Gasteiger partial charge in [-0.2, -0.15) is 0 Å². The highest BCUT2D eigenvalue weighted by molar-refractivity contribution is 5.51. The van der Waals surface area contributed by atoms with Crippen LogP contribution in [0.5, 0.6) is 0 Å². The van der Waals surface area contributed by atoms with Gasteiger partial charge >= 0.3 is 0 Å². The second-order valence-corrected chi connectivity index (χ2v) is 6.53. The number of nitrogens with two attached hydrogens (primary N) is 1. The number of hydrogen-bond acceptors (Lipinski definition) is 2. The van der Waals surface area contributed by atoms with E-state index in [4.69, 9.17) is 5.73 Å². The molecule has 0 radical (unpaired) electrons. The van der Waals surface area contributed by atoms with Crippen LogP contribution in [-0.4, -0.2) is 19.1 Å². The molecule has 1 aromatic rings. The molecule has 0 amide bonds. The van der Waals surface area contributed by atoms with E-state index in [1.54, 1.807) is 11.9 Å². The van der Waals surface area contributed by atoms with Crippen molar-refractivity contribution >= 4 is 5.69 Å². The Hall–Kier alpha value is -1.16. The van der Waals surface area contributed by atoms with Gasteiger partial charge in [-0.3, -0.25) is 0 Å². The lowest BCUT2D eigenvalue weighted by Crippen LogP contribution is -2.40. The highest BCUT2D eigenvalue weighted by Crippen LogP contribution is 2.33. The van der Waals surface area contributed by atoms with Crippen LogP contribution in [0.2, 0.25) is 0 Å². The van der Waals surface area contributed by atoms with Gasteiger partial charge in [-0.1, -0.05) is 19.8 Å². The molecule has 1 saturated carbocycles. The van der Waals surface area contributed by atoms with E-state index in [0.29, 0.717) is 17.9 Å². The number of halogens is 2. The first-order chi connectivity index (χ1) is 9.90. The molecule has 0 heterocycles. The molecule has 2 N–H and O–H groups in total. The maximum atomic E-state index is 14.4. The average Bonchev–Trinajstić information content (AvgIpc) is 2.37. The Balaban J connectivity index is 2.26. The minimum atomic E-state index is -0.481. The molecule has 118 valence electrons. The molecule has 4 heteroatoms. The maximum absolute atomic E-state index is 14.4. The number of benzene rings is 1. The lowest BCUT2D eigenvalue weighted by molar-refractivity contribution is 0.318. The predicted octanol–water partition coefficient (Wildman–Crippen LogP) is 3.87. The summed E-state index contributed by atoms with van der Waals surface area (Å²) in [6.07, 6.45) is 4.95. The van der Waals surface area contributed by atoms with Gasteiger partial charge in [-0.05, 0) is 49.8 Å². The van der Waals surface area contributed by atoms with E-state index in [-0.39, 0.29) is 17.8 Å². The zero-order valence-electron chi connectivity index (χ0n) is 13.2. The van der Waals surface area contributed by atoms with Crippen molar-refractivity contribution in [3.63, 3.8) is 0 Å². The van der Waals surface area contributed by atoms with Crippen LogP contribution in [0.1, 0.15) is 45.1 Å². The third-order valence-electron chi connectivity index (χ3n) is 4.55. The second kappa shape index (κ2) is 6.73. The van der Waals surface area contributed by atoms with Gasteiger partial charge in [-0.15, -0.1) is 0 Å². The van der Waals surface area contributed by atoms with E-state index in [9.17, 15) is 8.78 Å². The Kier molecular flexibility index (Phi) is 5.20. The molecule has 3 unspecified atom stereocenters. The summed E-state index contributed by atoms with van der Waals surface area (Å²) in [5.41, 5.74) is 6.42. The van der Waals surface area contributed by atoms with Gasteiger partial charge in [0.15, 0.2) is 0 Å². The van der Waals surface area contributed by atoms with Gasteiger partial charge in [-0.25, -0.2) is 8.78 Å². The molecule has 1 fully saturated rings. The van der Waals surface area contributed by atoms with Gasteiger partial charge < -0.3 is 10.6 Å². The molecular formula is C17H26F2N2. The van der Waals surface area contributed by atoms with Crippen molar-refractivity contribution in [2.24, 2.45) is 11.7 Å². The molecule has 0 spiro atoms. The van der Waals surface area contributed by atoms with E-state index in [2.05, 4.69) is 6.92 Å². The van der Waals surface area contributed by atoms with Crippen molar-refractivity contribution < 1.29 is 8.78 Å². The SMILES string of the molecule is CC(N)Cc1cc(F)c(N(C)C2CCCCC2C)c(F)c1. The van der Waals surface area contributed by atoms with Crippen LogP contribution < -0.4 is 10.6 Å². The Morgan fingerprint density at radius 1 is 1.24 bits per heavy atom. The predicted molar refractivity (Wildman–Crippen MR) is 83.5 cm³/mol. The third kappa shape index (κ3) is 3.73. The van der Waals surface area contributed by atoms with E-state index in [1.807, 2.05) is 6.92 Å². The fourth-order valence-electron chi connectivity index (χ4n) is 3.48. The molecule has 21 heavy (non-hydrogen) atoms. The lowest BCUT2D eigenvalue weighted by Gasteiger charge is -2.38. The summed E-state index contributed by atoms with van der Waals surface area (Å²) in [6, 6.07) is 2.95. The monoisotopic (exact) mass is 296 g/mol. The van der Waals surface area contributed by atoms with Crippen LogP contribution in [0.25, 0.3) is 0 Å². The van der Waals surface area contributed by atoms with Crippen LogP contribution in [0.4, 0.5) is 14.5 Å². The standard InChI is InChI=1S/C17H26F2N2/c1-11-6-4-5-7-16(11)21(3)17-14(18)9-13(8-12(2)20)10-15(17)19/h9-12,16H,4-8,20H2,1-3H3. The molecule has 2 nitrogen and oxygen atoms in total. The summed E-state index contributed by atoms with van der Waals surface area (Å²) >= 11 is 0. The van der Waals surface area contributed by atoms with Gasteiger partial charge in [0.2, 0.25) is 0 Å². The number of nitrogens with zero attached hydrogens (tertiary/aromatic N) is 1. The van der Waals surface area contributed by atoms with E-state index in [1.165, 1.54) is 18.6 Å². The van der Waals surface area contributed by atoms with Crippen molar-refractivity contribution in [1.29, 1.82) is 0 Å². The first-order valence-electron chi connectivity index (χ1n) is 7.86. The summed E-state index contributed by atoms with van der Waals surface area (Å²) in [4.78, 5) is 1.80. The molecule has 0 aliphatic heterocycles. The Labute approximate surface area is 126 Å². The van der Waals surface area contributed by atoms with Crippen LogP contribution in [0.3, 0.4) is 0 Å². The third-order valence-corrected chi connectivity index (χ3v) is 4.55. The number of anilines is 1. The Morgan fingerprint density at radius 2 is 1.81 bits per heavy atom. The fraction of sp³-hybridized carbons (Fsp3) is 0.647. The normalized spacial score (nSPS) is 23.9. The molecule has 0 bridgehead atoms. The largest absolute Gasteiger partial charge is 0.367 e. The average molecular weight is 296 g/mol. The number of rotatable bonds is 4. The maximum Gasteiger partial charge on any atom is 0.149 e. The molecule has 1 aliphatic carbocycles. The van der Waals surface area contributed by atoms with Crippen molar-refractivity contribution in [1.82, 2.24) is 0 Å². The van der Waals surface area contributed by atoms with Gasteiger partial charge in [0.25, 0.3) is 0 Å². The Bertz CT molecular complexity index is 465. The second-order valence-electron chi connectivity index (χ2n) is 6.53. The van der Waals surface area contributed by atoms with Gasteiger partial charge in [0, 0.05) is 19.1 Å². The minimum absolute atomic E-state index is 0.0992. The quantitative estimate of drug-likeness (QED) is 0.914. The number of hydrogen-bond donors (Lipinski definition) is 1. The topological polar surface area (TPSA) is 29.3 Å². The van der Waals surface area contributed by atoms with Crippen LogP contribution in [0, 0.1) is 17.6 Å². The fourth-order valence-corrected chi connectivity index (χ4v) is 3.48. The molecule has 1 aromatic carbocycles. The summed E-state index contributed by atoms with van der Waals surface area (Å²) < 4.78 is 28.7. The highest BCUT2D eigenvalue weighted by atomic mass is 19.1. The van der Waals surface area contributed by atoms with Crippen molar-refractivity contribution in [2.75, 3.05) is 11.9 Å². The lowest BCUT2D eigenvalue weighted by atomic mass is 9.85. The van der Waals surface area contributed by atoms with E-state index in [0.717, 1.165) is 19.3 Å². The van der Waals surface area contributed by atoms with Crippen molar-refractivity contribution in [3.8, 4) is 0 Å². The molecule has 1 aliphatic rings. The smallest absolute Gasteiger partial charge is 0.149 e. The zero-order valence-corrected chi connectivity index (χ0v) is 13.2. The van der Waals surface area contributed by atoms with Crippen molar-refractivity contribution in [3.05, 3.63) is 29.3 Å². The molecule has 0 aromatic heterocycles. The molecule has 3 atom stereocenters. The molecule has 0 saturated heterocycles. The van der Waals surface area contributed by atoms with Crippen LogP contribution >= 0.6 is 0 Å². The summed E-state index contributed by atoms with van der Waals surface area (Å²) in [6.45, 7) is 4.00. The summed E-state index contributed by atoms with van der Waals surface area (Å²) in [5, 5.41) is 0. The Morgan fingerprint density at radius 3 is 2.33 bits per heavy atom. The highest BCUT2D eigenvalue weighted by Gasteiger charge is 2.28. The van der Waals surface area contributed by atoms with Gasteiger partial charge in [0.1, 0.15) is 17.3 Å².